The van der Waals surface area contributed by atoms with Crippen molar-refractivity contribution < 1.29 is 8.42 Å². The van der Waals surface area contributed by atoms with E-state index >= 15 is 0 Å². The molecule has 1 heterocycles. The second-order valence-corrected chi connectivity index (χ2v) is 8.93. The van der Waals surface area contributed by atoms with Crippen LogP contribution in [0.4, 0.5) is 0 Å². The smallest absolute Gasteiger partial charge is 0.215 e. The van der Waals surface area contributed by atoms with Gasteiger partial charge in [0.2, 0.25) is 10.0 Å². The number of halogens is 2. The Labute approximate surface area is 195 Å². The van der Waals surface area contributed by atoms with Gasteiger partial charge in [0.25, 0.3) is 0 Å². The summed E-state index contributed by atoms with van der Waals surface area (Å²) < 4.78 is 27.8. The van der Waals surface area contributed by atoms with Crippen molar-refractivity contribution in [3.63, 3.8) is 0 Å². The SMILES string of the molecule is CCNC(=NCc1cccc(CS(=O)(=O)NC)c1)N(C)Cc1cc(Cl)cn1C.I. The Bertz CT molecular complexity index is 930. The van der Waals surface area contributed by atoms with Crippen molar-refractivity contribution >= 4 is 51.6 Å². The number of benzene rings is 1. The standard InChI is InChI=1S/C19H28ClN5O2S.HI/c1-5-22-19(25(4)13-18-10-17(20)12-24(18)3)23-11-15-7-6-8-16(9-15)14-28(26,27)21-2;/h6-10,12,21H,5,11,13-14H2,1-4H3,(H,22,23);1H. The summed E-state index contributed by atoms with van der Waals surface area (Å²) in [4.78, 5) is 6.73. The molecule has 0 aliphatic rings. The molecule has 0 fully saturated rings. The maximum atomic E-state index is 11.8. The van der Waals surface area contributed by atoms with E-state index in [1.165, 1.54) is 7.05 Å². The molecule has 0 amide bonds. The molecule has 7 nitrogen and oxygen atoms in total. The fourth-order valence-electron chi connectivity index (χ4n) is 2.79. The molecule has 2 N–H and O–H groups in total. The first-order chi connectivity index (χ1) is 13.2. The minimum Gasteiger partial charge on any atom is -0.357 e. The number of hydrogen-bond donors (Lipinski definition) is 2. The maximum Gasteiger partial charge on any atom is 0.215 e. The molecule has 0 saturated carbocycles. The van der Waals surface area contributed by atoms with Gasteiger partial charge < -0.3 is 14.8 Å². The quantitative estimate of drug-likeness (QED) is 0.299. The number of aliphatic imine (C=N–C) groups is 1. The summed E-state index contributed by atoms with van der Waals surface area (Å²) in [5.74, 6) is 0.725. The van der Waals surface area contributed by atoms with E-state index in [9.17, 15) is 8.42 Å². The van der Waals surface area contributed by atoms with Gasteiger partial charge in [0, 0.05) is 32.5 Å². The first kappa shape index (κ1) is 25.7. The molecule has 29 heavy (non-hydrogen) atoms. The fourth-order valence-corrected chi connectivity index (χ4v) is 3.82. The molecule has 0 radical (unpaired) electrons. The van der Waals surface area contributed by atoms with Crippen LogP contribution in [0.5, 0.6) is 0 Å². The highest BCUT2D eigenvalue weighted by Gasteiger charge is 2.11. The van der Waals surface area contributed by atoms with Gasteiger partial charge in [0.05, 0.1) is 23.9 Å². The third kappa shape index (κ3) is 8.15. The van der Waals surface area contributed by atoms with E-state index in [1.54, 1.807) is 6.07 Å². The van der Waals surface area contributed by atoms with Gasteiger partial charge in [-0.25, -0.2) is 18.1 Å². The van der Waals surface area contributed by atoms with E-state index in [0.717, 1.165) is 29.3 Å². The van der Waals surface area contributed by atoms with Gasteiger partial charge in [0.15, 0.2) is 5.96 Å². The summed E-state index contributed by atoms with van der Waals surface area (Å²) in [5, 5.41) is 4.00. The number of hydrogen-bond acceptors (Lipinski definition) is 3. The number of rotatable bonds is 8. The van der Waals surface area contributed by atoms with Crippen molar-refractivity contribution in [3.8, 4) is 0 Å². The molecule has 0 unspecified atom stereocenters. The van der Waals surface area contributed by atoms with E-state index in [2.05, 4.69) is 10.0 Å². The molecule has 0 aliphatic heterocycles. The van der Waals surface area contributed by atoms with E-state index in [1.807, 2.05) is 60.9 Å². The maximum absolute atomic E-state index is 11.8. The molecule has 10 heteroatoms. The highest BCUT2D eigenvalue weighted by Crippen LogP contribution is 2.14. The largest absolute Gasteiger partial charge is 0.357 e. The molecule has 1 aromatic heterocycles. The first-order valence-electron chi connectivity index (χ1n) is 9.03. The zero-order valence-corrected chi connectivity index (χ0v) is 21.0. The molecule has 0 bridgehead atoms. The lowest BCUT2D eigenvalue weighted by Crippen LogP contribution is -2.38. The van der Waals surface area contributed by atoms with Crippen LogP contribution in [0.25, 0.3) is 0 Å². The molecule has 1 aromatic carbocycles. The number of sulfonamides is 1. The molecule has 162 valence electrons. The lowest BCUT2D eigenvalue weighted by atomic mass is 10.1. The van der Waals surface area contributed by atoms with Crippen molar-refractivity contribution in [3.05, 3.63) is 58.4 Å². The lowest BCUT2D eigenvalue weighted by Gasteiger charge is -2.22. The van der Waals surface area contributed by atoms with Crippen LogP contribution in [-0.2, 0) is 35.9 Å². The zero-order valence-electron chi connectivity index (χ0n) is 17.1. The minimum absolute atomic E-state index is 0. The van der Waals surface area contributed by atoms with Crippen LogP contribution in [0.2, 0.25) is 5.02 Å². The Kier molecular flexibility index (Phi) is 10.4. The Morgan fingerprint density at radius 3 is 2.55 bits per heavy atom. The fraction of sp³-hybridized carbons (Fsp3) is 0.421. The summed E-state index contributed by atoms with van der Waals surface area (Å²) in [6, 6.07) is 9.41. The predicted molar refractivity (Wildman–Crippen MR) is 130 cm³/mol. The van der Waals surface area contributed by atoms with Gasteiger partial charge in [-0.2, -0.15) is 0 Å². The summed E-state index contributed by atoms with van der Waals surface area (Å²) in [7, 11) is 2.05. The number of guanidine groups is 1. The predicted octanol–water partition coefficient (Wildman–Crippen LogP) is 2.94. The average molecular weight is 554 g/mol. The monoisotopic (exact) mass is 553 g/mol. The van der Waals surface area contributed by atoms with Gasteiger partial charge in [0.1, 0.15) is 0 Å². The zero-order chi connectivity index (χ0) is 20.7. The van der Waals surface area contributed by atoms with Gasteiger partial charge in [-0.3, -0.25) is 0 Å². The van der Waals surface area contributed by atoms with Crippen LogP contribution in [0.15, 0.2) is 41.5 Å². The molecule has 2 aromatic rings. The third-order valence-corrected chi connectivity index (χ3v) is 5.78. The van der Waals surface area contributed by atoms with Gasteiger partial charge >= 0.3 is 0 Å². The molecular formula is C19H29ClIN5O2S. The van der Waals surface area contributed by atoms with Crippen LogP contribution < -0.4 is 10.0 Å². The van der Waals surface area contributed by atoms with Crippen LogP contribution in [0.1, 0.15) is 23.7 Å². The Balaban J connectivity index is 0.00000420. The molecule has 0 atom stereocenters. The van der Waals surface area contributed by atoms with Crippen molar-refractivity contribution in [2.45, 2.75) is 25.8 Å². The Hall–Kier alpha value is -1.30. The third-order valence-electron chi connectivity index (χ3n) is 4.24. The van der Waals surface area contributed by atoms with Crippen molar-refractivity contribution in [2.24, 2.45) is 12.0 Å². The van der Waals surface area contributed by atoms with Crippen molar-refractivity contribution in [1.29, 1.82) is 0 Å². The van der Waals surface area contributed by atoms with Gasteiger partial charge in [-0.15, -0.1) is 24.0 Å². The van der Waals surface area contributed by atoms with Crippen LogP contribution in [-0.4, -0.2) is 44.5 Å². The second kappa shape index (κ2) is 11.8. The summed E-state index contributed by atoms with van der Waals surface area (Å²) in [6.07, 6.45) is 1.87. The van der Waals surface area contributed by atoms with E-state index in [4.69, 9.17) is 16.6 Å². The molecule has 0 spiro atoms. The molecule has 0 saturated heterocycles. The van der Waals surface area contributed by atoms with E-state index < -0.39 is 10.0 Å². The van der Waals surface area contributed by atoms with Crippen LogP contribution in [0.3, 0.4) is 0 Å². The Morgan fingerprint density at radius 1 is 1.28 bits per heavy atom. The topological polar surface area (TPSA) is 78.7 Å². The normalized spacial score (nSPS) is 11.8. The second-order valence-electron chi connectivity index (χ2n) is 6.57. The lowest BCUT2D eigenvalue weighted by molar-refractivity contribution is 0.462. The van der Waals surface area contributed by atoms with Crippen LogP contribution in [0, 0.1) is 0 Å². The molecular weight excluding hydrogens is 525 g/mol. The minimum atomic E-state index is -3.30. The number of nitrogens with zero attached hydrogens (tertiary/aromatic N) is 3. The summed E-state index contributed by atoms with van der Waals surface area (Å²) in [6.45, 7) is 3.88. The summed E-state index contributed by atoms with van der Waals surface area (Å²) >= 11 is 6.07. The van der Waals surface area contributed by atoms with Gasteiger partial charge in [-0.1, -0.05) is 35.9 Å². The highest BCUT2D eigenvalue weighted by molar-refractivity contribution is 14.0. The average Bonchev–Trinajstić information content (AvgIpc) is 2.95. The van der Waals surface area contributed by atoms with Gasteiger partial charge in [-0.05, 0) is 31.2 Å². The summed E-state index contributed by atoms with van der Waals surface area (Å²) in [5.41, 5.74) is 2.77. The van der Waals surface area contributed by atoms with E-state index in [-0.39, 0.29) is 29.7 Å². The van der Waals surface area contributed by atoms with Crippen molar-refractivity contribution in [2.75, 3.05) is 20.6 Å². The molecule has 0 aliphatic carbocycles. The van der Waals surface area contributed by atoms with Crippen LogP contribution >= 0.6 is 35.6 Å². The molecule has 2 rings (SSSR count). The van der Waals surface area contributed by atoms with Crippen molar-refractivity contribution in [1.82, 2.24) is 19.5 Å². The number of aromatic nitrogens is 1. The van der Waals surface area contributed by atoms with E-state index in [0.29, 0.717) is 18.1 Å². The highest BCUT2D eigenvalue weighted by atomic mass is 127. The number of nitrogens with one attached hydrogen (secondary N) is 2. The Morgan fingerprint density at radius 2 is 1.97 bits per heavy atom. The number of aryl methyl sites for hydroxylation is 1. The first-order valence-corrected chi connectivity index (χ1v) is 11.1.